The van der Waals surface area contributed by atoms with Crippen molar-refractivity contribution in [3.63, 3.8) is 0 Å². The van der Waals surface area contributed by atoms with E-state index in [4.69, 9.17) is 4.74 Å². The topological polar surface area (TPSA) is 24.5 Å². The molecule has 1 saturated carbocycles. The predicted octanol–water partition coefficient (Wildman–Crippen LogP) is 2.26. The molecule has 1 heterocycles. The first-order chi connectivity index (χ1) is 8.65. The van der Waals surface area contributed by atoms with Crippen molar-refractivity contribution in [2.24, 2.45) is 5.92 Å². The van der Waals surface area contributed by atoms with Gasteiger partial charge in [-0.05, 0) is 45.2 Å². The van der Waals surface area contributed by atoms with Crippen LogP contribution in [0, 0.1) is 5.92 Å². The molecule has 2 unspecified atom stereocenters. The molecule has 1 N–H and O–H groups in total. The van der Waals surface area contributed by atoms with E-state index in [1.54, 1.807) is 0 Å². The van der Waals surface area contributed by atoms with Gasteiger partial charge < -0.3 is 15.0 Å². The Morgan fingerprint density at radius 1 is 1.17 bits per heavy atom. The summed E-state index contributed by atoms with van der Waals surface area (Å²) in [6.07, 6.45) is 7.59. The van der Waals surface area contributed by atoms with Crippen LogP contribution in [0.15, 0.2) is 0 Å². The molecular weight excluding hydrogens is 224 g/mol. The average molecular weight is 254 g/mol. The van der Waals surface area contributed by atoms with E-state index < -0.39 is 0 Å². The van der Waals surface area contributed by atoms with Gasteiger partial charge in [-0.25, -0.2) is 0 Å². The molecule has 2 aliphatic rings. The van der Waals surface area contributed by atoms with E-state index in [1.165, 1.54) is 32.1 Å². The molecule has 0 radical (unpaired) electrons. The second-order valence-electron chi connectivity index (χ2n) is 6.53. The van der Waals surface area contributed by atoms with Gasteiger partial charge in [-0.3, -0.25) is 0 Å². The van der Waals surface area contributed by atoms with E-state index in [1.807, 2.05) is 0 Å². The largest absolute Gasteiger partial charge is 0.372 e. The third-order valence-corrected chi connectivity index (χ3v) is 4.31. The first kappa shape index (κ1) is 14.3. The fourth-order valence-electron chi connectivity index (χ4n) is 2.90. The fraction of sp³-hybridized carbons (Fsp3) is 1.00. The lowest BCUT2D eigenvalue weighted by Crippen LogP contribution is -2.41. The molecular formula is C15H30N2O. The van der Waals surface area contributed by atoms with Crippen molar-refractivity contribution in [3.05, 3.63) is 0 Å². The first-order valence-corrected chi connectivity index (χ1v) is 7.71. The zero-order valence-corrected chi connectivity index (χ0v) is 12.3. The van der Waals surface area contributed by atoms with Gasteiger partial charge in [-0.15, -0.1) is 0 Å². The zero-order chi connectivity index (χ0) is 13.0. The summed E-state index contributed by atoms with van der Waals surface area (Å²) in [5, 5.41) is 3.51. The maximum absolute atomic E-state index is 6.13. The fourth-order valence-corrected chi connectivity index (χ4v) is 2.90. The van der Waals surface area contributed by atoms with Crippen molar-refractivity contribution in [2.75, 3.05) is 26.7 Å². The standard InChI is InChI=1S/C15H30N2O/c1-12(2)9-16-10-14-7-8-15(18-14)11-17(3)13-5-4-6-13/h12-16H,4-11H2,1-3H3. The molecule has 0 aromatic rings. The van der Waals surface area contributed by atoms with Gasteiger partial charge in [0.25, 0.3) is 0 Å². The molecule has 2 fully saturated rings. The van der Waals surface area contributed by atoms with Crippen molar-refractivity contribution in [2.45, 2.75) is 64.2 Å². The monoisotopic (exact) mass is 254 g/mol. The molecule has 1 saturated heterocycles. The highest BCUT2D eigenvalue weighted by Gasteiger charge is 2.29. The molecule has 106 valence electrons. The number of ether oxygens (including phenoxy) is 1. The lowest BCUT2D eigenvalue weighted by molar-refractivity contribution is 0.0124. The van der Waals surface area contributed by atoms with Crippen LogP contribution in [0.4, 0.5) is 0 Å². The van der Waals surface area contributed by atoms with Crippen LogP contribution in [-0.4, -0.2) is 49.8 Å². The van der Waals surface area contributed by atoms with Gasteiger partial charge >= 0.3 is 0 Å². The molecule has 18 heavy (non-hydrogen) atoms. The summed E-state index contributed by atoms with van der Waals surface area (Å²) < 4.78 is 6.13. The number of nitrogens with one attached hydrogen (secondary N) is 1. The van der Waals surface area contributed by atoms with Crippen LogP contribution >= 0.6 is 0 Å². The molecule has 3 nitrogen and oxygen atoms in total. The third kappa shape index (κ3) is 4.22. The molecule has 0 amide bonds. The second kappa shape index (κ2) is 6.88. The van der Waals surface area contributed by atoms with Gasteiger partial charge in [0.1, 0.15) is 0 Å². The highest BCUT2D eigenvalue weighted by atomic mass is 16.5. The lowest BCUT2D eigenvalue weighted by Gasteiger charge is -2.36. The van der Waals surface area contributed by atoms with Crippen LogP contribution in [0.2, 0.25) is 0 Å². The van der Waals surface area contributed by atoms with Crippen molar-refractivity contribution in [3.8, 4) is 0 Å². The van der Waals surface area contributed by atoms with Crippen LogP contribution in [0.3, 0.4) is 0 Å². The number of hydrogen-bond donors (Lipinski definition) is 1. The molecule has 0 aromatic heterocycles. The van der Waals surface area contributed by atoms with Gasteiger partial charge in [0, 0.05) is 19.1 Å². The van der Waals surface area contributed by atoms with Crippen molar-refractivity contribution >= 4 is 0 Å². The summed E-state index contributed by atoms with van der Waals surface area (Å²) in [6.45, 7) is 7.76. The van der Waals surface area contributed by atoms with E-state index in [0.717, 1.165) is 31.6 Å². The summed E-state index contributed by atoms with van der Waals surface area (Å²) in [5.74, 6) is 0.729. The van der Waals surface area contributed by atoms with E-state index in [0.29, 0.717) is 12.2 Å². The molecule has 1 aliphatic heterocycles. The van der Waals surface area contributed by atoms with Gasteiger partial charge in [0.2, 0.25) is 0 Å². The summed E-state index contributed by atoms with van der Waals surface area (Å²) in [6, 6.07) is 0.840. The predicted molar refractivity (Wildman–Crippen MR) is 75.9 cm³/mol. The minimum absolute atomic E-state index is 0.448. The molecule has 3 heteroatoms. The van der Waals surface area contributed by atoms with Gasteiger partial charge in [0.15, 0.2) is 0 Å². The molecule has 2 atom stereocenters. The molecule has 2 rings (SSSR count). The van der Waals surface area contributed by atoms with Crippen LogP contribution in [0.1, 0.15) is 46.0 Å². The Hall–Kier alpha value is -0.120. The quantitative estimate of drug-likeness (QED) is 0.754. The SMILES string of the molecule is CC(C)CNCC1CCC(CN(C)C2CCC2)O1. The second-order valence-corrected chi connectivity index (χ2v) is 6.53. The zero-order valence-electron chi connectivity index (χ0n) is 12.3. The van der Waals surface area contributed by atoms with Gasteiger partial charge in [-0.1, -0.05) is 20.3 Å². The molecule has 1 aliphatic carbocycles. The summed E-state index contributed by atoms with van der Waals surface area (Å²) in [7, 11) is 2.26. The number of rotatable bonds is 7. The maximum atomic E-state index is 6.13. The van der Waals surface area contributed by atoms with Crippen LogP contribution < -0.4 is 5.32 Å². The Morgan fingerprint density at radius 2 is 1.89 bits per heavy atom. The van der Waals surface area contributed by atoms with Gasteiger partial charge in [-0.2, -0.15) is 0 Å². The molecule has 0 aromatic carbocycles. The van der Waals surface area contributed by atoms with Gasteiger partial charge in [0.05, 0.1) is 12.2 Å². The summed E-state index contributed by atoms with van der Waals surface area (Å²) >= 11 is 0. The summed E-state index contributed by atoms with van der Waals surface area (Å²) in [4.78, 5) is 2.51. The van der Waals surface area contributed by atoms with Crippen molar-refractivity contribution in [1.82, 2.24) is 10.2 Å². The molecule has 0 spiro atoms. The van der Waals surface area contributed by atoms with Crippen molar-refractivity contribution < 1.29 is 4.74 Å². The van der Waals surface area contributed by atoms with Crippen LogP contribution in [0.25, 0.3) is 0 Å². The Kier molecular flexibility index (Phi) is 5.46. The highest BCUT2D eigenvalue weighted by molar-refractivity contribution is 4.82. The van der Waals surface area contributed by atoms with E-state index >= 15 is 0 Å². The highest BCUT2D eigenvalue weighted by Crippen LogP contribution is 2.26. The normalized spacial score (nSPS) is 29.2. The number of nitrogens with zero attached hydrogens (tertiary/aromatic N) is 1. The molecule has 0 bridgehead atoms. The summed E-state index contributed by atoms with van der Waals surface area (Å²) in [5.41, 5.74) is 0. The minimum atomic E-state index is 0.448. The smallest absolute Gasteiger partial charge is 0.0707 e. The third-order valence-electron chi connectivity index (χ3n) is 4.31. The lowest BCUT2D eigenvalue weighted by atomic mass is 9.91. The average Bonchev–Trinajstić information content (AvgIpc) is 2.62. The van der Waals surface area contributed by atoms with Crippen LogP contribution in [-0.2, 0) is 4.74 Å². The Morgan fingerprint density at radius 3 is 2.50 bits per heavy atom. The van der Waals surface area contributed by atoms with E-state index in [9.17, 15) is 0 Å². The maximum Gasteiger partial charge on any atom is 0.0707 e. The van der Waals surface area contributed by atoms with Crippen molar-refractivity contribution in [1.29, 1.82) is 0 Å². The Labute approximate surface area is 112 Å². The van der Waals surface area contributed by atoms with E-state index in [2.05, 4.69) is 31.1 Å². The van der Waals surface area contributed by atoms with E-state index in [-0.39, 0.29) is 0 Å². The Balaban J connectivity index is 1.59. The number of likely N-dealkylation sites (N-methyl/N-ethyl adjacent to an activating group) is 1. The first-order valence-electron chi connectivity index (χ1n) is 7.71. The Bertz CT molecular complexity index is 241. The number of hydrogen-bond acceptors (Lipinski definition) is 3. The minimum Gasteiger partial charge on any atom is -0.372 e. The van der Waals surface area contributed by atoms with Crippen LogP contribution in [0.5, 0.6) is 0 Å².